The van der Waals surface area contributed by atoms with E-state index in [1.165, 1.54) is 18.3 Å². The molecule has 1 aliphatic heterocycles. The minimum Gasteiger partial charge on any atom is -0.332 e. The highest BCUT2D eigenvalue weighted by molar-refractivity contribution is 7.90. The molecule has 1 aromatic carbocycles. The topological polar surface area (TPSA) is 84.4 Å². The number of hydrogen-bond donors (Lipinski definition) is 0. The fraction of sp³-hybridized carbons (Fsp3) is 0.421. The maximum atomic E-state index is 12.8. The number of amides is 1. The van der Waals surface area contributed by atoms with E-state index in [4.69, 9.17) is 0 Å². The van der Waals surface area contributed by atoms with E-state index in [2.05, 4.69) is 4.98 Å². The third-order valence-electron chi connectivity index (χ3n) is 4.53. The molecule has 3 rings (SSSR count). The Kier molecular flexibility index (Phi) is 4.98. The van der Waals surface area contributed by atoms with Gasteiger partial charge in [0.15, 0.2) is 9.84 Å². The number of hydrogen-bond acceptors (Lipinski definition) is 6. The Morgan fingerprint density at radius 3 is 2.56 bits per heavy atom. The van der Waals surface area contributed by atoms with Gasteiger partial charge in [0.25, 0.3) is 5.91 Å². The van der Waals surface area contributed by atoms with E-state index in [1.807, 2.05) is 26.8 Å². The van der Waals surface area contributed by atoms with Crippen molar-refractivity contribution in [3.8, 4) is 10.4 Å². The number of rotatable bonds is 5. The number of sulfone groups is 1. The average molecular weight is 407 g/mol. The highest BCUT2D eigenvalue weighted by Gasteiger charge is 2.35. The van der Waals surface area contributed by atoms with Gasteiger partial charge in [0.05, 0.1) is 27.5 Å². The van der Waals surface area contributed by atoms with Crippen LogP contribution in [0, 0.1) is 6.92 Å². The summed E-state index contributed by atoms with van der Waals surface area (Å²) in [6.07, 6.45) is 1.38. The average Bonchev–Trinajstić information content (AvgIpc) is 3.05. The van der Waals surface area contributed by atoms with Gasteiger partial charge in [-0.25, -0.2) is 13.4 Å². The van der Waals surface area contributed by atoms with Crippen LogP contribution < -0.4 is 0 Å². The van der Waals surface area contributed by atoms with Crippen LogP contribution in [0.5, 0.6) is 0 Å². The minimum absolute atomic E-state index is 0.0203. The van der Waals surface area contributed by atoms with Crippen LogP contribution in [0.25, 0.3) is 10.4 Å². The molecule has 1 aromatic heterocycles. The summed E-state index contributed by atoms with van der Waals surface area (Å²) in [4.78, 5) is 31.1. The number of Topliss-reactive ketones (excluding diaryl/α,β-unsaturated/α-hetero) is 1. The highest BCUT2D eigenvalue weighted by Crippen LogP contribution is 2.38. The Bertz CT molecular complexity index is 1050. The van der Waals surface area contributed by atoms with Crippen molar-refractivity contribution >= 4 is 32.9 Å². The first-order valence-corrected chi connectivity index (χ1v) is 11.3. The Labute approximate surface area is 163 Å². The zero-order valence-corrected chi connectivity index (χ0v) is 17.6. The summed E-state index contributed by atoms with van der Waals surface area (Å²) < 4.78 is 24.8. The fourth-order valence-electron chi connectivity index (χ4n) is 3.29. The van der Waals surface area contributed by atoms with Crippen LogP contribution in [0.4, 0.5) is 0 Å². The van der Waals surface area contributed by atoms with Crippen molar-refractivity contribution in [3.63, 3.8) is 0 Å². The number of fused-ring (bicyclic) bond motifs is 1. The van der Waals surface area contributed by atoms with E-state index < -0.39 is 9.84 Å². The van der Waals surface area contributed by atoms with E-state index in [0.717, 1.165) is 22.4 Å². The lowest BCUT2D eigenvalue weighted by molar-refractivity contribution is -0.116. The van der Waals surface area contributed by atoms with Gasteiger partial charge in [0.1, 0.15) is 10.8 Å². The van der Waals surface area contributed by atoms with Crippen LogP contribution in [-0.4, -0.2) is 42.3 Å². The lowest BCUT2D eigenvalue weighted by atomic mass is 10.0. The predicted octanol–water partition coefficient (Wildman–Crippen LogP) is 3.02. The molecule has 0 N–H and O–H groups in total. The summed E-state index contributed by atoms with van der Waals surface area (Å²) in [5.41, 5.74) is 2.46. The van der Waals surface area contributed by atoms with Gasteiger partial charge in [-0.05, 0) is 51.0 Å². The van der Waals surface area contributed by atoms with Crippen molar-refractivity contribution in [2.45, 2.75) is 51.6 Å². The molecule has 0 saturated carbocycles. The minimum atomic E-state index is -3.58. The van der Waals surface area contributed by atoms with Crippen LogP contribution in [0.1, 0.15) is 47.4 Å². The molecule has 0 saturated heterocycles. The van der Waals surface area contributed by atoms with Crippen LogP contribution in [-0.2, 0) is 27.6 Å². The summed E-state index contributed by atoms with van der Waals surface area (Å²) in [7, 11) is -3.58. The zero-order chi connectivity index (χ0) is 20.1. The number of benzene rings is 1. The second-order valence-corrected chi connectivity index (χ2v) is 10.3. The van der Waals surface area contributed by atoms with Gasteiger partial charge < -0.3 is 4.90 Å². The molecule has 144 valence electrons. The van der Waals surface area contributed by atoms with Gasteiger partial charge in [0, 0.05) is 18.8 Å². The maximum Gasteiger partial charge on any atom is 0.256 e. The SMILES string of the molecule is CC(=O)Cc1nc(C)c(-c2cc3c(c(S(C)(=O)=O)c2)C(=O)N(C(C)C)C3)s1. The van der Waals surface area contributed by atoms with Gasteiger partial charge in [-0.15, -0.1) is 11.3 Å². The Hall–Kier alpha value is -2.06. The van der Waals surface area contributed by atoms with Crippen LogP contribution >= 0.6 is 11.3 Å². The monoisotopic (exact) mass is 406 g/mol. The molecule has 0 radical (unpaired) electrons. The maximum absolute atomic E-state index is 12.8. The summed E-state index contributed by atoms with van der Waals surface area (Å²) >= 11 is 1.39. The zero-order valence-electron chi connectivity index (χ0n) is 16.0. The third kappa shape index (κ3) is 3.68. The first-order chi connectivity index (χ1) is 12.5. The molecule has 2 heterocycles. The first-order valence-electron chi connectivity index (χ1n) is 8.63. The molecule has 0 fully saturated rings. The first kappa shape index (κ1) is 19.7. The standard InChI is InChI=1S/C19H22N2O4S2/c1-10(2)21-9-14-7-13(8-15(27(5,24)25)17(14)19(21)23)18-12(4)20-16(26-18)6-11(3)22/h7-8,10H,6,9H2,1-5H3. The summed E-state index contributed by atoms with van der Waals surface area (Å²) in [5.74, 6) is -0.218. The second-order valence-electron chi connectivity index (χ2n) is 7.21. The van der Waals surface area contributed by atoms with Crippen molar-refractivity contribution in [1.82, 2.24) is 9.88 Å². The quantitative estimate of drug-likeness (QED) is 0.762. The smallest absolute Gasteiger partial charge is 0.256 e. The van der Waals surface area contributed by atoms with Gasteiger partial charge in [-0.2, -0.15) is 0 Å². The van der Waals surface area contributed by atoms with Crippen molar-refractivity contribution in [2.24, 2.45) is 0 Å². The summed E-state index contributed by atoms with van der Waals surface area (Å²) in [6.45, 7) is 7.56. The number of thiazole rings is 1. The molecule has 0 spiro atoms. The van der Waals surface area contributed by atoms with E-state index in [1.54, 1.807) is 11.0 Å². The van der Waals surface area contributed by atoms with Gasteiger partial charge in [-0.3, -0.25) is 9.59 Å². The van der Waals surface area contributed by atoms with E-state index in [9.17, 15) is 18.0 Å². The van der Waals surface area contributed by atoms with Crippen LogP contribution in [0.15, 0.2) is 17.0 Å². The van der Waals surface area contributed by atoms with E-state index in [0.29, 0.717) is 17.1 Å². The molecule has 0 bridgehead atoms. The van der Waals surface area contributed by atoms with Crippen LogP contribution in [0.2, 0.25) is 0 Å². The van der Waals surface area contributed by atoms with Crippen molar-refractivity contribution < 1.29 is 18.0 Å². The summed E-state index contributed by atoms with van der Waals surface area (Å²) in [5, 5.41) is 0.705. The van der Waals surface area contributed by atoms with Crippen molar-refractivity contribution in [2.75, 3.05) is 6.26 Å². The van der Waals surface area contributed by atoms with Gasteiger partial charge >= 0.3 is 0 Å². The third-order valence-corrected chi connectivity index (χ3v) is 6.85. The van der Waals surface area contributed by atoms with E-state index >= 15 is 0 Å². The number of carbonyl (C=O) groups excluding carboxylic acids is 2. The summed E-state index contributed by atoms with van der Waals surface area (Å²) in [6, 6.07) is 3.42. The molecule has 0 unspecified atom stereocenters. The fourth-order valence-corrected chi connectivity index (χ4v) is 5.34. The lowest BCUT2D eigenvalue weighted by Gasteiger charge is -2.20. The predicted molar refractivity (Wildman–Crippen MR) is 105 cm³/mol. The number of nitrogens with zero attached hydrogens (tertiary/aromatic N) is 2. The molecule has 27 heavy (non-hydrogen) atoms. The Morgan fingerprint density at radius 2 is 2.00 bits per heavy atom. The molecular weight excluding hydrogens is 384 g/mol. The van der Waals surface area contributed by atoms with Crippen molar-refractivity contribution in [1.29, 1.82) is 0 Å². The normalized spacial score (nSPS) is 14.1. The largest absolute Gasteiger partial charge is 0.332 e. The molecule has 1 aliphatic rings. The molecule has 2 aromatic rings. The molecular formula is C19H22N2O4S2. The van der Waals surface area contributed by atoms with Crippen LogP contribution in [0.3, 0.4) is 0 Å². The Morgan fingerprint density at radius 1 is 1.33 bits per heavy atom. The second kappa shape index (κ2) is 6.83. The Balaban J connectivity index is 2.19. The molecule has 0 aliphatic carbocycles. The molecule has 1 amide bonds. The number of aromatic nitrogens is 1. The van der Waals surface area contributed by atoms with Crippen molar-refractivity contribution in [3.05, 3.63) is 34.0 Å². The van der Waals surface area contributed by atoms with E-state index in [-0.39, 0.29) is 34.6 Å². The highest BCUT2D eigenvalue weighted by atomic mass is 32.2. The van der Waals surface area contributed by atoms with Gasteiger partial charge in [0.2, 0.25) is 0 Å². The molecule has 0 atom stereocenters. The van der Waals surface area contributed by atoms with Gasteiger partial charge in [-0.1, -0.05) is 0 Å². The number of aryl methyl sites for hydroxylation is 1. The number of carbonyl (C=O) groups is 2. The molecule has 8 heteroatoms. The molecule has 6 nitrogen and oxygen atoms in total. The lowest BCUT2D eigenvalue weighted by Crippen LogP contribution is -2.31. The number of ketones is 1.